The minimum absolute atomic E-state index is 0.0793. The monoisotopic (exact) mass is 755 g/mol. The number of nitro benzene ring substituents is 2. The maximum absolute atomic E-state index is 13.5. The van der Waals surface area contributed by atoms with Crippen LogP contribution in [0.25, 0.3) is 0 Å². The first-order valence-electron chi connectivity index (χ1n) is 17.0. The van der Waals surface area contributed by atoms with Gasteiger partial charge in [0.05, 0.1) is 27.9 Å². The molecule has 0 spiro atoms. The molecule has 18 heteroatoms. The van der Waals surface area contributed by atoms with Crippen LogP contribution < -0.4 is 0 Å². The predicted molar refractivity (Wildman–Crippen MR) is 189 cm³/mol. The van der Waals surface area contributed by atoms with E-state index in [0.717, 1.165) is 0 Å². The van der Waals surface area contributed by atoms with E-state index in [0.29, 0.717) is 35.3 Å². The molecule has 0 bridgehead atoms. The first kappa shape index (κ1) is 39.0. The van der Waals surface area contributed by atoms with Gasteiger partial charge in [-0.25, -0.2) is 14.4 Å². The van der Waals surface area contributed by atoms with E-state index in [1.807, 2.05) is 13.8 Å². The highest BCUT2D eigenvalue weighted by Gasteiger charge is 2.60. The molecule has 1 unspecified atom stereocenters. The number of fused-ring (bicyclic) bond motifs is 1. The maximum atomic E-state index is 13.5. The topological polar surface area (TPSA) is 223 Å². The zero-order chi connectivity index (χ0) is 38.7. The number of nitro groups is 2. The van der Waals surface area contributed by atoms with E-state index < -0.39 is 52.0 Å². The Kier molecular flexibility index (Phi) is 11.9. The fraction of sp³-hybridized carbons (Fsp3) is 0.486. The second-order valence-electron chi connectivity index (χ2n) is 13.5. The number of aliphatic hydroxyl groups is 1. The molecule has 7 atom stereocenters. The normalized spacial score (nSPS) is 23.2. The molecule has 3 heterocycles. The lowest BCUT2D eigenvalue weighted by molar-refractivity contribution is -0.385. The van der Waals surface area contributed by atoms with Crippen LogP contribution >= 0.6 is 11.8 Å². The molecule has 2 N–H and O–H groups in total. The van der Waals surface area contributed by atoms with Crippen molar-refractivity contribution >= 4 is 47.2 Å². The summed E-state index contributed by atoms with van der Waals surface area (Å²) in [6.45, 7) is 5.16. The number of rotatable bonds is 14. The van der Waals surface area contributed by atoms with Crippen molar-refractivity contribution in [1.29, 1.82) is 0 Å². The van der Waals surface area contributed by atoms with Gasteiger partial charge < -0.3 is 34.4 Å². The van der Waals surface area contributed by atoms with Crippen molar-refractivity contribution in [3.05, 3.63) is 90.5 Å². The number of benzene rings is 2. The van der Waals surface area contributed by atoms with Crippen LogP contribution in [0.5, 0.6) is 0 Å². The average molecular weight is 756 g/mol. The number of thioether (sulfide) groups is 1. The van der Waals surface area contributed by atoms with Gasteiger partial charge >= 0.3 is 18.2 Å². The third-order valence-electron chi connectivity index (χ3n) is 10.1. The van der Waals surface area contributed by atoms with Gasteiger partial charge in [0, 0.05) is 66.0 Å². The standard InChI is InChI=1S/C35H41N5O12S/c1-19(36(4)34(45)51-17-22-6-11-24(12-7-22)39(47)48)5-10-26-15-27(16-37(26)35(46)52-18-23-8-13-25(14-9-23)40(49)50)53-31-20(2)29-28(21(3)41)32(42)38(29)30(31)33(43)44/h6-9,11-14,19-21,26-29,41H,5,10,15-18H2,1-4H3,(H,43,44)/t19?,20-,21-,26-,27+,28-,29-/m1/s1. The Balaban J connectivity index is 1.26. The largest absolute Gasteiger partial charge is 0.477 e. The molecular formula is C35H41N5O12S. The number of β-lactam (4-membered cyclic amide) rings is 1. The van der Waals surface area contributed by atoms with E-state index in [9.17, 15) is 49.6 Å². The third-order valence-corrected chi connectivity index (χ3v) is 11.6. The molecule has 2 aromatic carbocycles. The second-order valence-corrected chi connectivity index (χ2v) is 14.9. The number of carboxylic acid groups (broad SMARTS) is 1. The molecule has 0 saturated carbocycles. The van der Waals surface area contributed by atoms with Crippen LogP contribution in [0.4, 0.5) is 21.0 Å². The van der Waals surface area contributed by atoms with Crippen molar-refractivity contribution in [3.8, 4) is 0 Å². The van der Waals surface area contributed by atoms with Crippen molar-refractivity contribution < 1.29 is 48.7 Å². The van der Waals surface area contributed by atoms with E-state index in [1.165, 1.54) is 77.0 Å². The lowest BCUT2D eigenvalue weighted by atomic mass is 9.79. The van der Waals surface area contributed by atoms with Gasteiger partial charge in [-0.3, -0.25) is 25.0 Å². The van der Waals surface area contributed by atoms with Crippen LogP contribution in [-0.2, 0) is 32.3 Å². The number of amides is 3. The van der Waals surface area contributed by atoms with E-state index in [2.05, 4.69) is 0 Å². The molecule has 3 amide bonds. The van der Waals surface area contributed by atoms with E-state index in [4.69, 9.17) is 9.47 Å². The van der Waals surface area contributed by atoms with Gasteiger partial charge in [0.1, 0.15) is 18.9 Å². The molecule has 0 radical (unpaired) electrons. The van der Waals surface area contributed by atoms with Crippen molar-refractivity contribution in [1.82, 2.24) is 14.7 Å². The number of likely N-dealkylation sites (tertiary alicyclic amines) is 1. The maximum Gasteiger partial charge on any atom is 0.410 e. The van der Waals surface area contributed by atoms with E-state index >= 15 is 0 Å². The summed E-state index contributed by atoms with van der Waals surface area (Å²) in [5.74, 6) is -2.74. The lowest BCUT2D eigenvalue weighted by Gasteiger charge is -2.46. The first-order chi connectivity index (χ1) is 25.1. The molecule has 284 valence electrons. The van der Waals surface area contributed by atoms with Crippen LogP contribution in [0.15, 0.2) is 59.1 Å². The number of carboxylic acids is 1. The Morgan fingerprint density at radius 3 is 2.04 bits per heavy atom. The zero-order valence-electron chi connectivity index (χ0n) is 29.5. The second kappa shape index (κ2) is 16.2. The van der Waals surface area contributed by atoms with Crippen LogP contribution in [0.3, 0.4) is 0 Å². The number of non-ortho nitro benzene ring substituents is 2. The van der Waals surface area contributed by atoms with Crippen molar-refractivity contribution in [2.45, 2.75) is 82.7 Å². The van der Waals surface area contributed by atoms with Gasteiger partial charge in [-0.15, -0.1) is 11.8 Å². The average Bonchev–Trinajstić information content (AvgIpc) is 3.64. The summed E-state index contributed by atoms with van der Waals surface area (Å²) in [7, 11) is 1.58. The molecule has 2 aromatic rings. The van der Waals surface area contributed by atoms with E-state index in [-0.39, 0.29) is 60.1 Å². The molecule has 0 aromatic heterocycles. The lowest BCUT2D eigenvalue weighted by Crippen LogP contribution is -2.63. The zero-order valence-corrected chi connectivity index (χ0v) is 30.3. The summed E-state index contributed by atoms with van der Waals surface area (Å²) in [6, 6.07) is 10.1. The van der Waals surface area contributed by atoms with Gasteiger partial charge in [-0.2, -0.15) is 0 Å². The van der Waals surface area contributed by atoms with Crippen LogP contribution in [0.1, 0.15) is 51.2 Å². The number of carbonyl (C=O) groups excluding carboxylic acids is 3. The Hall–Kier alpha value is -5.23. The smallest absolute Gasteiger partial charge is 0.410 e. The van der Waals surface area contributed by atoms with Gasteiger partial charge in [0.15, 0.2) is 0 Å². The number of ether oxygens (including phenoxy) is 2. The number of nitrogens with zero attached hydrogens (tertiary/aromatic N) is 5. The molecule has 17 nitrogen and oxygen atoms in total. The number of aliphatic hydroxyl groups excluding tert-OH is 1. The minimum atomic E-state index is -1.24. The predicted octanol–water partition coefficient (Wildman–Crippen LogP) is 4.91. The van der Waals surface area contributed by atoms with Crippen LogP contribution in [-0.4, -0.2) is 102 Å². The fourth-order valence-corrected chi connectivity index (χ4v) is 8.59. The fourth-order valence-electron chi connectivity index (χ4n) is 7.02. The highest BCUT2D eigenvalue weighted by molar-refractivity contribution is 8.03. The highest BCUT2D eigenvalue weighted by Crippen LogP contribution is 2.52. The molecule has 3 aliphatic rings. The molecule has 2 saturated heterocycles. The van der Waals surface area contributed by atoms with E-state index in [1.54, 1.807) is 11.9 Å². The number of aliphatic carboxylic acids is 1. The van der Waals surface area contributed by atoms with Gasteiger partial charge in [0.25, 0.3) is 11.4 Å². The summed E-state index contributed by atoms with van der Waals surface area (Å²) < 4.78 is 11.0. The highest BCUT2D eigenvalue weighted by atomic mass is 32.2. The summed E-state index contributed by atoms with van der Waals surface area (Å²) in [6.07, 6.45) is -0.810. The van der Waals surface area contributed by atoms with Crippen LogP contribution in [0, 0.1) is 32.1 Å². The molecule has 2 fully saturated rings. The van der Waals surface area contributed by atoms with Gasteiger partial charge in [-0.05, 0) is 68.5 Å². The third kappa shape index (κ3) is 8.38. The SMILES string of the molecule is CC(CC[C@@H]1C[C@H](SC2=C(C(=O)O)N3C(=O)[C@H]([C@@H](C)O)[C@H]3[C@H]2C)CN1C(=O)OCc1ccc([N+](=O)[O-])cc1)N(C)C(=O)OCc1ccc([N+](=O)[O-])cc1. The quantitative estimate of drug-likeness (QED) is 0.149. The van der Waals surface area contributed by atoms with Crippen molar-refractivity contribution in [2.24, 2.45) is 11.8 Å². The molecule has 3 aliphatic heterocycles. The summed E-state index contributed by atoms with van der Waals surface area (Å²) in [5, 5.41) is 42.0. The Morgan fingerprint density at radius 2 is 1.53 bits per heavy atom. The molecule has 0 aliphatic carbocycles. The Morgan fingerprint density at radius 1 is 0.981 bits per heavy atom. The Labute approximate surface area is 308 Å². The number of carbonyl (C=O) groups is 4. The first-order valence-corrected chi connectivity index (χ1v) is 17.9. The van der Waals surface area contributed by atoms with Gasteiger partial charge in [0.2, 0.25) is 5.91 Å². The minimum Gasteiger partial charge on any atom is -0.477 e. The molecular weight excluding hydrogens is 714 g/mol. The molecule has 53 heavy (non-hydrogen) atoms. The summed E-state index contributed by atoms with van der Waals surface area (Å²) in [4.78, 5) is 77.3. The molecule has 5 rings (SSSR count). The number of hydrogen-bond acceptors (Lipinski definition) is 12. The number of hydrogen-bond donors (Lipinski definition) is 2. The summed E-state index contributed by atoms with van der Waals surface area (Å²) >= 11 is 1.31. The van der Waals surface area contributed by atoms with Crippen molar-refractivity contribution in [2.75, 3.05) is 13.6 Å². The Bertz CT molecular complexity index is 1790. The van der Waals surface area contributed by atoms with Crippen molar-refractivity contribution in [3.63, 3.8) is 0 Å². The summed E-state index contributed by atoms with van der Waals surface area (Å²) in [5.41, 5.74) is 0.843. The van der Waals surface area contributed by atoms with Gasteiger partial charge in [-0.1, -0.05) is 6.92 Å². The van der Waals surface area contributed by atoms with Crippen LogP contribution in [0.2, 0.25) is 0 Å².